The Morgan fingerprint density at radius 1 is 1.48 bits per heavy atom. The number of nitrogens with one attached hydrogen (secondary N) is 1. The van der Waals surface area contributed by atoms with E-state index in [1.165, 1.54) is 0 Å². The van der Waals surface area contributed by atoms with Gasteiger partial charge >= 0.3 is 5.97 Å². The van der Waals surface area contributed by atoms with Crippen molar-refractivity contribution in [2.75, 3.05) is 20.1 Å². The molecule has 0 bridgehead atoms. The Morgan fingerprint density at radius 2 is 2.13 bits per heavy atom. The Balaban J connectivity index is 0.00000484. The SMILES string of the molecule is CCNC(=NCC(=O)OC(C)(C)C)N(C)Cc1csc(C)n1.I. The molecule has 0 saturated heterocycles. The van der Waals surface area contributed by atoms with Crippen molar-refractivity contribution in [3.8, 4) is 0 Å². The second kappa shape index (κ2) is 10.1. The van der Waals surface area contributed by atoms with Crippen LogP contribution in [0.1, 0.15) is 38.4 Å². The van der Waals surface area contributed by atoms with Crippen LogP contribution in [0.25, 0.3) is 0 Å². The van der Waals surface area contributed by atoms with Crippen LogP contribution in [0, 0.1) is 6.92 Å². The van der Waals surface area contributed by atoms with Gasteiger partial charge in [0.1, 0.15) is 12.1 Å². The molecule has 1 rings (SSSR count). The molecule has 0 aliphatic rings. The molecule has 0 unspecified atom stereocenters. The van der Waals surface area contributed by atoms with Gasteiger partial charge in [0, 0.05) is 19.0 Å². The van der Waals surface area contributed by atoms with E-state index in [0.29, 0.717) is 12.5 Å². The second-order valence-corrected chi connectivity index (χ2v) is 7.03. The Hall–Kier alpha value is -0.900. The molecule has 0 fully saturated rings. The van der Waals surface area contributed by atoms with Crippen LogP contribution < -0.4 is 5.32 Å². The molecule has 1 N–H and O–H groups in total. The van der Waals surface area contributed by atoms with Gasteiger partial charge in [0.05, 0.1) is 17.2 Å². The normalized spacial score (nSPS) is 11.7. The van der Waals surface area contributed by atoms with Gasteiger partial charge in [-0.2, -0.15) is 0 Å². The fourth-order valence-corrected chi connectivity index (χ4v) is 2.39. The van der Waals surface area contributed by atoms with E-state index in [9.17, 15) is 4.79 Å². The topological polar surface area (TPSA) is 66.8 Å². The van der Waals surface area contributed by atoms with E-state index >= 15 is 0 Å². The number of aliphatic imine (C=N–C) groups is 1. The monoisotopic (exact) mass is 454 g/mol. The molecule has 132 valence electrons. The van der Waals surface area contributed by atoms with Crippen LogP contribution in [0.15, 0.2) is 10.4 Å². The summed E-state index contributed by atoms with van der Waals surface area (Å²) in [5, 5.41) is 6.24. The highest BCUT2D eigenvalue weighted by Gasteiger charge is 2.16. The third kappa shape index (κ3) is 9.09. The number of esters is 1. The molecule has 1 heterocycles. The first-order valence-corrected chi connectivity index (χ1v) is 8.21. The van der Waals surface area contributed by atoms with Gasteiger partial charge in [0.2, 0.25) is 0 Å². The maximum Gasteiger partial charge on any atom is 0.328 e. The molecule has 8 heteroatoms. The fraction of sp³-hybridized carbons (Fsp3) is 0.667. The van der Waals surface area contributed by atoms with E-state index in [1.54, 1.807) is 11.3 Å². The highest BCUT2D eigenvalue weighted by molar-refractivity contribution is 14.0. The highest BCUT2D eigenvalue weighted by atomic mass is 127. The summed E-state index contributed by atoms with van der Waals surface area (Å²) in [5.41, 5.74) is 0.502. The molecular formula is C15H27IN4O2S. The molecule has 0 atom stereocenters. The fourth-order valence-electron chi connectivity index (χ4n) is 1.78. The molecule has 0 aliphatic heterocycles. The van der Waals surface area contributed by atoms with Crippen molar-refractivity contribution in [1.29, 1.82) is 0 Å². The van der Waals surface area contributed by atoms with Gasteiger partial charge < -0.3 is 15.0 Å². The van der Waals surface area contributed by atoms with Crippen LogP contribution in [0.2, 0.25) is 0 Å². The average Bonchev–Trinajstić information content (AvgIpc) is 2.77. The first kappa shape index (κ1) is 22.1. The van der Waals surface area contributed by atoms with Crippen LogP contribution in [-0.4, -0.2) is 47.6 Å². The number of thiazole rings is 1. The molecule has 0 aromatic carbocycles. The van der Waals surface area contributed by atoms with Crippen molar-refractivity contribution in [2.45, 2.75) is 46.8 Å². The van der Waals surface area contributed by atoms with Crippen LogP contribution in [0.3, 0.4) is 0 Å². The number of hydrogen-bond donors (Lipinski definition) is 1. The van der Waals surface area contributed by atoms with Crippen molar-refractivity contribution >= 4 is 47.2 Å². The quantitative estimate of drug-likeness (QED) is 0.321. The summed E-state index contributed by atoms with van der Waals surface area (Å²) < 4.78 is 5.26. The number of aromatic nitrogens is 1. The van der Waals surface area contributed by atoms with E-state index < -0.39 is 5.60 Å². The molecule has 23 heavy (non-hydrogen) atoms. The van der Waals surface area contributed by atoms with Crippen LogP contribution in [0.5, 0.6) is 0 Å². The molecule has 0 amide bonds. The number of carbonyl (C=O) groups is 1. The minimum absolute atomic E-state index is 0. The number of hydrogen-bond acceptors (Lipinski definition) is 5. The van der Waals surface area contributed by atoms with E-state index in [2.05, 4.69) is 15.3 Å². The molecule has 1 aromatic heterocycles. The Morgan fingerprint density at radius 3 is 2.61 bits per heavy atom. The van der Waals surface area contributed by atoms with Crippen molar-refractivity contribution < 1.29 is 9.53 Å². The molecule has 1 aromatic rings. The van der Waals surface area contributed by atoms with Crippen LogP contribution in [0.4, 0.5) is 0 Å². The third-order valence-electron chi connectivity index (χ3n) is 2.54. The standard InChI is InChI=1S/C15H26N4O2S.HI/c1-7-16-14(17-8-13(20)21-15(3,4)5)19(6)9-12-10-22-11(2)18-12;/h10H,7-9H2,1-6H3,(H,16,17);1H. The highest BCUT2D eigenvalue weighted by Crippen LogP contribution is 2.10. The van der Waals surface area contributed by atoms with Crippen molar-refractivity contribution in [3.05, 3.63) is 16.1 Å². The van der Waals surface area contributed by atoms with Crippen molar-refractivity contribution in [3.63, 3.8) is 0 Å². The lowest BCUT2D eigenvalue weighted by atomic mass is 10.2. The van der Waals surface area contributed by atoms with Crippen LogP contribution in [-0.2, 0) is 16.1 Å². The van der Waals surface area contributed by atoms with Gasteiger partial charge in [-0.05, 0) is 34.6 Å². The zero-order valence-electron chi connectivity index (χ0n) is 14.7. The van der Waals surface area contributed by atoms with Crippen molar-refractivity contribution in [2.24, 2.45) is 4.99 Å². The van der Waals surface area contributed by atoms with Gasteiger partial charge in [-0.15, -0.1) is 35.3 Å². The second-order valence-electron chi connectivity index (χ2n) is 5.97. The maximum atomic E-state index is 11.8. The zero-order chi connectivity index (χ0) is 16.8. The lowest BCUT2D eigenvalue weighted by Gasteiger charge is -2.22. The van der Waals surface area contributed by atoms with E-state index in [-0.39, 0.29) is 36.5 Å². The summed E-state index contributed by atoms with van der Waals surface area (Å²) in [6.45, 7) is 10.9. The number of ether oxygens (including phenoxy) is 1. The number of rotatable bonds is 5. The number of carbonyl (C=O) groups excluding carboxylic acids is 1. The minimum Gasteiger partial charge on any atom is -0.459 e. The third-order valence-corrected chi connectivity index (χ3v) is 3.36. The maximum absolute atomic E-state index is 11.8. The summed E-state index contributed by atoms with van der Waals surface area (Å²) in [4.78, 5) is 22.5. The van der Waals surface area contributed by atoms with Gasteiger partial charge in [0.25, 0.3) is 0 Å². The van der Waals surface area contributed by atoms with E-state index in [0.717, 1.165) is 17.2 Å². The summed E-state index contributed by atoms with van der Waals surface area (Å²) in [5.74, 6) is 0.333. The van der Waals surface area contributed by atoms with Gasteiger partial charge in [-0.3, -0.25) is 4.79 Å². The predicted molar refractivity (Wildman–Crippen MR) is 106 cm³/mol. The average molecular weight is 454 g/mol. The molecule has 0 saturated carbocycles. The smallest absolute Gasteiger partial charge is 0.328 e. The number of nitrogens with zero attached hydrogens (tertiary/aromatic N) is 3. The summed E-state index contributed by atoms with van der Waals surface area (Å²) >= 11 is 1.62. The van der Waals surface area contributed by atoms with Crippen molar-refractivity contribution in [1.82, 2.24) is 15.2 Å². The van der Waals surface area contributed by atoms with Crippen LogP contribution >= 0.6 is 35.3 Å². The number of halogens is 1. The van der Waals surface area contributed by atoms with Gasteiger partial charge in [-0.25, -0.2) is 9.98 Å². The Kier molecular flexibility index (Phi) is 9.67. The lowest BCUT2D eigenvalue weighted by Crippen LogP contribution is -2.39. The van der Waals surface area contributed by atoms with Gasteiger partial charge in [0.15, 0.2) is 5.96 Å². The largest absolute Gasteiger partial charge is 0.459 e. The molecule has 0 spiro atoms. The summed E-state index contributed by atoms with van der Waals surface area (Å²) in [6, 6.07) is 0. The number of guanidine groups is 1. The van der Waals surface area contributed by atoms with Gasteiger partial charge in [-0.1, -0.05) is 0 Å². The zero-order valence-corrected chi connectivity index (χ0v) is 17.8. The first-order valence-electron chi connectivity index (χ1n) is 7.33. The minimum atomic E-state index is -0.491. The summed E-state index contributed by atoms with van der Waals surface area (Å²) in [7, 11) is 1.92. The van der Waals surface area contributed by atoms with E-state index in [4.69, 9.17) is 4.74 Å². The lowest BCUT2D eigenvalue weighted by molar-refractivity contribution is -0.152. The molecule has 0 radical (unpaired) electrons. The van der Waals surface area contributed by atoms with E-state index in [1.807, 2.05) is 51.9 Å². The Bertz CT molecular complexity index is 526. The molecular weight excluding hydrogens is 427 g/mol. The summed E-state index contributed by atoms with van der Waals surface area (Å²) in [6.07, 6.45) is 0. The Labute approximate surface area is 159 Å². The predicted octanol–water partition coefficient (Wildman–Crippen LogP) is 2.81. The molecule has 0 aliphatic carbocycles. The molecule has 6 nitrogen and oxygen atoms in total. The first-order chi connectivity index (χ1) is 10.2. The number of aryl methyl sites for hydroxylation is 1.